The van der Waals surface area contributed by atoms with Crippen LogP contribution in [-0.2, 0) is 4.79 Å². The molecule has 0 fully saturated rings. The summed E-state index contributed by atoms with van der Waals surface area (Å²) >= 11 is 6.03. The monoisotopic (exact) mass is 426 g/mol. The first-order valence-corrected chi connectivity index (χ1v) is 9.34. The number of carbonyl (C=O) groups excluding carboxylic acids is 3. The van der Waals surface area contributed by atoms with Crippen LogP contribution in [0.15, 0.2) is 65.3 Å². The van der Waals surface area contributed by atoms with Crippen molar-refractivity contribution in [3.63, 3.8) is 0 Å². The van der Waals surface area contributed by atoms with Crippen LogP contribution in [-0.4, -0.2) is 31.3 Å². The third kappa shape index (κ3) is 5.39. The Morgan fingerprint density at radius 1 is 0.933 bits per heavy atom. The summed E-state index contributed by atoms with van der Waals surface area (Å²) in [5.41, 5.74) is 1.97. The summed E-state index contributed by atoms with van der Waals surface area (Å²) in [6.07, 6.45) is 1.40. The topological polar surface area (TPSA) is 112 Å². The van der Waals surface area contributed by atoms with Crippen LogP contribution in [0.2, 0.25) is 5.02 Å². The zero-order valence-corrected chi connectivity index (χ0v) is 16.7. The van der Waals surface area contributed by atoms with E-state index in [0.29, 0.717) is 27.6 Å². The second kappa shape index (κ2) is 9.62. The zero-order valence-electron chi connectivity index (χ0n) is 16.0. The van der Waals surface area contributed by atoms with Gasteiger partial charge in [-0.2, -0.15) is 0 Å². The van der Waals surface area contributed by atoms with Crippen molar-refractivity contribution in [1.29, 1.82) is 0 Å². The molecule has 3 amide bonds. The van der Waals surface area contributed by atoms with E-state index in [9.17, 15) is 14.4 Å². The molecule has 3 aromatic rings. The molecule has 0 aliphatic heterocycles. The highest BCUT2D eigenvalue weighted by Crippen LogP contribution is 2.26. The SMILES string of the molecule is CNC(=O)c1ccc(NC(=O)CNc2ccc(Cl)cc2NC(=O)c2ccco2)cc1. The summed E-state index contributed by atoms with van der Waals surface area (Å²) < 4.78 is 5.08. The Bertz CT molecular complexity index is 1050. The number of amides is 3. The number of benzene rings is 2. The molecule has 0 aliphatic carbocycles. The van der Waals surface area contributed by atoms with E-state index < -0.39 is 5.91 Å². The number of nitrogens with one attached hydrogen (secondary N) is 4. The molecule has 1 aromatic heterocycles. The van der Waals surface area contributed by atoms with Gasteiger partial charge < -0.3 is 25.7 Å². The van der Waals surface area contributed by atoms with Crippen LogP contribution in [0.4, 0.5) is 17.1 Å². The van der Waals surface area contributed by atoms with Gasteiger partial charge in [0.15, 0.2) is 5.76 Å². The minimum absolute atomic E-state index is 0.0531. The van der Waals surface area contributed by atoms with Crippen molar-refractivity contribution >= 4 is 46.4 Å². The highest BCUT2D eigenvalue weighted by molar-refractivity contribution is 6.31. The predicted molar refractivity (Wildman–Crippen MR) is 115 cm³/mol. The van der Waals surface area contributed by atoms with Crippen LogP contribution in [0.5, 0.6) is 0 Å². The molecule has 0 aliphatic rings. The molecule has 2 aromatic carbocycles. The lowest BCUT2D eigenvalue weighted by atomic mass is 10.2. The molecule has 30 heavy (non-hydrogen) atoms. The van der Waals surface area contributed by atoms with Gasteiger partial charge in [0, 0.05) is 23.3 Å². The number of anilines is 3. The van der Waals surface area contributed by atoms with Gasteiger partial charge in [0.25, 0.3) is 11.8 Å². The molecule has 0 unspecified atom stereocenters. The number of furan rings is 1. The fourth-order valence-electron chi connectivity index (χ4n) is 2.60. The maximum atomic E-state index is 12.3. The minimum Gasteiger partial charge on any atom is -0.459 e. The van der Waals surface area contributed by atoms with E-state index in [1.807, 2.05) is 0 Å². The molecule has 0 saturated carbocycles. The van der Waals surface area contributed by atoms with Gasteiger partial charge in [0.2, 0.25) is 5.91 Å². The first-order valence-electron chi connectivity index (χ1n) is 8.96. The van der Waals surface area contributed by atoms with Crippen LogP contribution in [0.1, 0.15) is 20.9 Å². The lowest BCUT2D eigenvalue weighted by Gasteiger charge is -2.13. The van der Waals surface area contributed by atoms with Gasteiger partial charge in [0.1, 0.15) is 0 Å². The molecule has 0 spiro atoms. The van der Waals surface area contributed by atoms with E-state index in [4.69, 9.17) is 16.0 Å². The maximum Gasteiger partial charge on any atom is 0.291 e. The fourth-order valence-corrected chi connectivity index (χ4v) is 2.77. The summed E-state index contributed by atoms with van der Waals surface area (Å²) in [7, 11) is 1.55. The molecule has 0 bridgehead atoms. The molecular weight excluding hydrogens is 408 g/mol. The molecule has 4 N–H and O–H groups in total. The predicted octanol–water partition coefficient (Wildman–Crippen LogP) is 3.60. The Morgan fingerprint density at radius 2 is 1.70 bits per heavy atom. The molecule has 0 saturated heterocycles. The number of rotatable bonds is 7. The van der Waals surface area contributed by atoms with E-state index in [0.717, 1.165) is 0 Å². The maximum absolute atomic E-state index is 12.3. The van der Waals surface area contributed by atoms with Gasteiger partial charge in [-0.3, -0.25) is 14.4 Å². The van der Waals surface area contributed by atoms with Crippen molar-refractivity contribution in [2.75, 3.05) is 29.5 Å². The summed E-state index contributed by atoms with van der Waals surface area (Å²) in [4.78, 5) is 36.1. The van der Waals surface area contributed by atoms with E-state index >= 15 is 0 Å². The molecule has 1 heterocycles. The minimum atomic E-state index is -0.439. The summed E-state index contributed by atoms with van der Waals surface area (Å²) in [5, 5.41) is 11.4. The van der Waals surface area contributed by atoms with E-state index in [2.05, 4.69) is 21.3 Å². The zero-order chi connectivity index (χ0) is 21.5. The fraction of sp³-hybridized carbons (Fsp3) is 0.0952. The first-order chi connectivity index (χ1) is 14.5. The Labute approximate surface area is 177 Å². The Hall–Kier alpha value is -3.78. The first kappa shape index (κ1) is 20.9. The summed E-state index contributed by atoms with van der Waals surface area (Å²) in [6.45, 7) is -0.0531. The molecule has 0 atom stereocenters. The van der Waals surface area contributed by atoms with Gasteiger partial charge in [-0.05, 0) is 54.6 Å². The number of hydrogen-bond donors (Lipinski definition) is 4. The van der Waals surface area contributed by atoms with Crippen molar-refractivity contribution in [3.05, 3.63) is 77.2 Å². The summed E-state index contributed by atoms with van der Waals surface area (Å²) in [6, 6.07) is 14.5. The van der Waals surface area contributed by atoms with Gasteiger partial charge in [0.05, 0.1) is 24.2 Å². The molecule has 8 nitrogen and oxygen atoms in total. The largest absolute Gasteiger partial charge is 0.459 e. The Balaban J connectivity index is 1.61. The van der Waals surface area contributed by atoms with Crippen molar-refractivity contribution in [3.8, 4) is 0 Å². The third-order valence-electron chi connectivity index (χ3n) is 4.07. The Kier molecular flexibility index (Phi) is 6.71. The normalized spacial score (nSPS) is 10.2. The highest BCUT2D eigenvalue weighted by atomic mass is 35.5. The van der Waals surface area contributed by atoms with Crippen LogP contribution < -0.4 is 21.3 Å². The second-order valence-corrected chi connectivity index (χ2v) is 6.62. The van der Waals surface area contributed by atoms with Gasteiger partial charge >= 0.3 is 0 Å². The quantitative estimate of drug-likeness (QED) is 0.461. The smallest absolute Gasteiger partial charge is 0.291 e. The van der Waals surface area contributed by atoms with Crippen LogP contribution in [0, 0.1) is 0 Å². The third-order valence-corrected chi connectivity index (χ3v) is 4.31. The Morgan fingerprint density at radius 3 is 2.37 bits per heavy atom. The van der Waals surface area contributed by atoms with Crippen LogP contribution in [0.3, 0.4) is 0 Å². The van der Waals surface area contributed by atoms with Crippen LogP contribution in [0.25, 0.3) is 0 Å². The molecule has 154 valence electrons. The average molecular weight is 427 g/mol. The van der Waals surface area contributed by atoms with Crippen molar-refractivity contribution in [1.82, 2.24) is 5.32 Å². The second-order valence-electron chi connectivity index (χ2n) is 6.18. The van der Waals surface area contributed by atoms with E-state index in [1.54, 1.807) is 55.6 Å². The highest BCUT2D eigenvalue weighted by Gasteiger charge is 2.13. The van der Waals surface area contributed by atoms with Crippen molar-refractivity contribution < 1.29 is 18.8 Å². The summed E-state index contributed by atoms with van der Waals surface area (Å²) in [5.74, 6) is -0.799. The van der Waals surface area contributed by atoms with Crippen molar-refractivity contribution in [2.24, 2.45) is 0 Å². The van der Waals surface area contributed by atoms with Crippen LogP contribution >= 0.6 is 11.6 Å². The number of hydrogen-bond acceptors (Lipinski definition) is 5. The van der Waals surface area contributed by atoms with E-state index in [1.165, 1.54) is 12.3 Å². The van der Waals surface area contributed by atoms with Gasteiger partial charge in [-0.25, -0.2) is 0 Å². The van der Waals surface area contributed by atoms with E-state index in [-0.39, 0.29) is 24.1 Å². The van der Waals surface area contributed by atoms with Crippen molar-refractivity contribution in [2.45, 2.75) is 0 Å². The number of carbonyl (C=O) groups is 3. The molecular formula is C21H19ClN4O4. The molecule has 0 radical (unpaired) electrons. The number of halogens is 1. The standard InChI is InChI=1S/C21H19ClN4O4/c1-23-20(28)13-4-7-15(8-5-13)25-19(27)12-24-16-9-6-14(22)11-17(16)26-21(29)18-3-2-10-30-18/h2-11,24H,12H2,1H3,(H,23,28)(H,25,27)(H,26,29). The van der Waals surface area contributed by atoms with Gasteiger partial charge in [-0.15, -0.1) is 0 Å². The van der Waals surface area contributed by atoms with Gasteiger partial charge in [-0.1, -0.05) is 11.6 Å². The molecule has 3 rings (SSSR count). The average Bonchev–Trinajstić information content (AvgIpc) is 3.28. The lowest BCUT2D eigenvalue weighted by molar-refractivity contribution is -0.114. The molecule has 9 heteroatoms. The lowest BCUT2D eigenvalue weighted by Crippen LogP contribution is -2.23.